The summed E-state index contributed by atoms with van der Waals surface area (Å²) in [6.07, 6.45) is 6.35. The van der Waals surface area contributed by atoms with Crippen LogP contribution in [0.3, 0.4) is 0 Å². The molecule has 55 heavy (non-hydrogen) atoms. The average Bonchev–Trinajstić information content (AvgIpc) is 3.90. The first kappa shape index (κ1) is 34.5. The van der Waals surface area contributed by atoms with Gasteiger partial charge in [-0.05, 0) is 67.8 Å². The summed E-state index contributed by atoms with van der Waals surface area (Å²) < 4.78 is 17.5. The van der Waals surface area contributed by atoms with Gasteiger partial charge in [-0.2, -0.15) is 4.98 Å². The Bertz CT molecular complexity index is 2320. The number of carbonyl (C=O) groups is 4. The second kappa shape index (κ2) is 14.2. The predicted octanol–water partition coefficient (Wildman–Crippen LogP) is 5.29. The molecule has 4 aliphatic rings. The summed E-state index contributed by atoms with van der Waals surface area (Å²) in [6.45, 7) is 3.02. The van der Waals surface area contributed by atoms with Crippen molar-refractivity contribution in [1.29, 1.82) is 0 Å². The van der Waals surface area contributed by atoms with Crippen molar-refractivity contribution >= 4 is 63.8 Å². The van der Waals surface area contributed by atoms with Crippen LogP contribution in [0, 0.1) is 5.82 Å². The number of anilines is 5. The van der Waals surface area contributed by atoms with Gasteiger partial charge in [0.15, 0.2) is 5.65 Å². The second-order valence-electron chi connectivity index (χ2n) is 14.5. The van der Waals surface area contributed by atoms with Crippen molar-refractivity contribution in [2.45, 2.75) is 57.2 Å². The van der Waals surface area contributed by atoms with Gasteiger partial charge >= 0.3 is 0 Å². The smallest absolute Gasteiger partial charge is 0.262 e. The van der Waals surface area contributed by atoms with Gasteiger partial charge in [0.25, 0.3) is 11.8 Å². The summed E-state index contributed by atoms with van der Waals surface area (Å²) in [6, 6.07) is 19.9. The van der Waals surface area contributed by atoms with Crippen LogP contribution in [0.2, 0.25) is 0 Å². The number of rotatable bonds is 9. The topological polar surface area (TPSA) is 158 Å². The Kier molecular flexibility index (Phi) is 8.92. The number of piperidine rings is 1. The number of nitrogens with zero attached hydrogens (tertiary/aromatic N) is 7. The summed E-state index contributed by atoms with van der Waals surface area (Å²) in [4.78, 5) is 69.9. The Labute approximate surface area is 315 Å². The van der Waals surface area contributed by atoms with E-state index >= 15 is 4.39 Å². The van der Waals surface area contributed by atoms with Crippen molar-refractivity contribution in [3.8, 4) is 0 Å². The molecule has 1 unspecified atom stereocenters. The Morgan fingerprint density at radius 1 is 0.800 bits per heavy atom. The van der Waals surface area contributed by atoms with Crippen LogP contribution in [0.25, 0.3) is 11.2 Å². The van der Waals surface area contributed by atoms with E-state index in [2.05, 4.69) is 47.4 Å². The largest absolute Gasteiger partial charge is 0.369 e. The molecule has 1 saturated carbocycles. The average molecular weight is 743 g/mol. The summed E-state index contributed by atoms with van der Waals surface area (Å²) in [7, 11) is 0. The molecule has 5 aromatic rings. The number of hydrogen-bond acceptors (Lipinski definition) is 11. The molecule has 15 heteroatoms. The SMILES string of the molecule is O=C1CCC(N2C(=O)c3cc(F)c(CN4CCN(c5ccc(Nc6ncc7nc(Nc8ccccc8)n(C8CCCC8)c7n6)cc5)CC4)cc3C2=O)C(=O)N1. The molecule has 1 aliphatic carbocycles. The minimum atomic E-state index is -1.10. The lowest BCUT2D eigenvalue weighted by atomic mass is 10.0. The van der Waals surface area contributed by atoms with Crippen molar-refractivity contribution in [3.63, 3.8) is 0 Å². The fourth-order valence-corrected chi connectivity index (χ4v) is 8.14. The number of amides is 4. The Hall–Kier alpha value is -6.22. The standard InChI is InChI=1S/C40H39FN10O4/c41-31-21-30-29(37(54)51(38(30)55)33-14-15-34(52)46-36(33)53)20-24(31)23-48-16-18-49(19-17-48)27-12-10-26(11-13-27)43-39-42-22-32-35(47-39)50(28-8-4-5-9-28)40(45-32)44-25-6-2-1-3-7-25/h1-3,6-7,10-13,20-22,28,33H,4-5,8-9,14-19,23H2,(H,44,45)(H,42,43,47)(H,46,52,53). The lowest BCUT2D eigenvalue weighted by Gasteiger charge is -2.36. The van der Waals surface area contributed by atoms with Crippen molar-refractivity contribution in [2.24, 2.45) is 0 Å². The molecule has 3 N–H and O–H groups in total. The molecule has 280 valence electrons. The zero-order chi connectivity index (χ0) is 37.6. The highest BCUT2D eigenvalue weighted by Crippen LogP contribution is 2.36. The highest BCUT2D eigenvalue weighted by Gasteiger charge is 2.45. The molecule has 4 amide bonds. The normalized spacial score (nSPS) is 19.3. The fourth-order valence-electron chi connectivity index (χ4n) is 8.14. The van der Waals surface area contributed by atoms with Crippen LogP contribution in [0.5, 0.6) is 0 Å². The number of hydrogen-bond donors (Lipinski definition) is 3. The number of fused-ring (bicyclic) bond motifs is 2. The van der Waals surface area contributed by atoms with E-state index in [-0.39, 0.29) is 30.5 Å². The third-order valence-electron chi connectivity index (χ3n) is 11.0. The maximum Gasteiger partial charge on any atom is 0.262 e. The number of carbonyl (C=O) groups excluding carboxylic acids is 4. The Balaban J connectivity index is 0.837. The monoisotopic (exact) mass is 742 g/mol. The molecule has 1 atom stereocenters. The fraction of sp³-hybridized carbons (Fsp3) is 0.325. The number of imidazole rings is 1. The molecular weight excluding hydrogens is 704 g/mol. The lowest BCUT2D eigenvalue weighted by molar-refractivity contribution is -0.136. The van der Waals surface area contributed by atoms with Gasteiger partial charge in [-0.25, -0.2) is 14.4 Å². The number of aromatic nitrogens is 4. The third-order valence-corrected chi connectivity index (χ3v) is 11.0. The number of para-hydroxylation sites is 1. The molecule has 2 saturated heterocycles. The van der Waals surface area contributed by atoms with Gasteiger partial charge in [0.2, 0.25) is 23.7 Å². The first-order valence-electron chi connectivity index (χ1n) is 18.7. The van der Waals surface area contributed by atoms with Crippen molar-refractivity contribution in [3.05, 3.63) is 95.4 Å². The molecule has 14 nitrogen and oxygen atoms in total. The zero-order valence-electron chi connectivity index (χ0n) is 30.0. The second-order valence-corrected chi connectivity index (χ2v) is 14.5. The molecule has 3 aliphatic heterocycles. The molecule has 0 radical (unpaired) electrons. The first-order valence-corrected chi connectivity index (χ1v) is 18.7. The van der Waals surface area contributed by atoms with Gasteiger partial charge in [-0.3, -0.25) is 38.9 Å². The highest BCUT2D eigenvalue weighted by molar-refractivity contribution is 6.23. The van der Waals surface area contributed by atoms with Crippen molar-refractivity contribution in [2.75, 3.05) is 41.7 Å². The highest BCUT2D eigenvalue weighted by atomic mass is 19.1. The van der Waals surface area contributed by atoms with Crippen LogP contribution in [0.1, 0.15) is 70.8 Å². The van der Waals surface area contributed by atoms with E-state index in [1.165, 1.54) is 18.9 Å². The number of halogens is 1. The molecule has 3 aromatic carbocycles. The van der Waals surface area contributed by atoms with Gasteiger partial charge in [-0.1, -0.05) is 31.0 Å². The number of nitrogens with one attached hydrogen (secondary N) is 3. The van der Waals surface area contributed by atoms with E-state index in [0.717, 1.165) is 58.0 Å². The molecule has 2 aromatic heterocycles. The zero-order valence-corrected chi connectivity index (χ0v) is 30.0. The van der Waals surface area contributed by atoms with E-state index in [4.69, 9.17) is 9.97 Å². The Morgan fingerprint density at radius 2 is 1.51 bits per heavy atom. The maximum atomic E-state index is 15.3. The van der Waals surface area contributed by atoms with Gasteiger partial charge in [0.1, 0.15) is 17.4 Å². The molecular formula is C40H39FN10O4. The van der Waals surface area contributed by atoms with Gasteiger partial charge in [-0.15, -0.1) is 0 Å². The van der Waals surface area contributed by atoms with Crippen LogP contribution in [-0.4, -0.2) is 85.2 Å². The van der Waals surface area contributed by atoms with E-state index in [1.54, 1.807) is 6.20 Å². The summed E-state index contributed by atoms with van der Waals surface area (Å²) in [5, 5.41) is 9.03. The number of benzene rings is 3. The predicted molar refractivity (Wildman–Crippen MR) is 203 cm³/mol. The van der Waals surface area contributed by atoms with Crippen molar-refractivity contribution in [1.82, 2.24) is 34.6 Å². The lowest BCUT2D eigenvalue weighted by Crippen LogP contribution is -2.54. The van der Waals surface area contributed by atoms with Crippen LogP contribution in [0.4, 0.5) is 33.3 Å². The van der Waals surface area contributed by atoms with Gasteiger partial charge in [0, 0.05) is 67.8 Å². The van der Waals surface area contributed by atoms with E-state index in [9.17, 15) is 19.2 Å². The maximum absolute atomic E-state index is 15.3. The Morgan fingerprint density at radius 3 is 2.24 bits per heavy atom. The van der Waals surface area contributed by atoms with E-state index < -0.39 is 35.5 Å². The summed E-state index contributed by atoms with van der Waals surface area (Å²) in [5.74, 6) is -1.83. The number of piperazine rings is 1. The van der Waals surface area contributed by atoms with Crippen LogP contribution >= 0.6 is 0 Å². The molecule has 0 spiro atoms. The van der Waals surface area contributed by atoms with Gasteiger partial charge < -0.3 is 15.5 Å². The minimum absolute atomic E-state index is 0.0190. The van der Waals surface area contributed by atoms with Crippen LogP contribution in [0.15, 0.2) is 72.9 Å². The van der Waals surface area contributed by atoms with E-state index in [1.807, 2.05) is 42.5 Å². The quantitative estimate of drug-likeness (QED) is 0.169. The summed E-state index contributed by atoms with van der Waals surface area (Å²) >= 11 is 0. The van der Waals surface area contributed by atoms with Crippen molar-refractivity contribution < 1.29 is 23.6 Å². The molecule has 0 bridgehead atoms. The third kappa shape index (κ3) is 6.64. The first-order chi connectivity index (χ1) is 26.8. The minimum Gasteiger partial charge on any atom is -0.369 e. The number of imide groups is 2. The summed E-state index contributed by atoms with van der Waals surface area (Å²) in [5.41, 5.74) is 4.74. The molecule has 9 rings (SSSR count). The van der Waals surface area contributed by atoms with Crippen LogP contribution < -0.4 is 20.9 Å². The molecule has 5 heterocycles. The van der Waals surface area contributed by atoms with Crippen LogP contribution in [-0.2, 0) is 16.1 Å². The van der Waals surface area contributed by atoms with E-state index in [0.29, 0.717) is 43.7 Å². The molecule has 3 fully saturated rings. The van der Waals surface area contributed by atoms with Gasteiger partial charge in [0.05, 0.1) is 17.3 Å².